The number of rotatable bonds is 4. The maximum absolute atomic E-state index is 10.6. The minimum atomic E-state index is -1.41. The molecule has 154 valence electrons. The van der Waals surface area contributed by atoms with Gasteiger partial charge in [0.1, 0.15) is 24.4 Å². The van der Waals surface area contributed by atoms with Crippen LogP contribution in [0.1, 0.15) is 22.9 Å². The smallest absolute Gasteiger partial charge is 0.163 e. The largest absolute Gasteiger partial charge is 0.394 e. The summed E-state index contributed by atoms with van der Waals surface area (Å²) in [7, 11) is 0. The van der Waals surface area contributed by atoms with Gasteiger partial charge in [-0.15, -0.1) is 0 Å². The molecule has 1 saturated heterocycles. The summed E-state index contributed by atoms with van der Waals surface area (Å²) < 4.78 is 8.77. The average Bonchev–Trinajstić information content (AvgIpc) is 3.08. The van der Waals surface area contributed by atoms with E-state index in [4.69, 9.17) is 4.74 Å². The second kappa shape index (κ2) is 8.33. The van der Waals surface area contributed by atoms with Gasteiger partial charge in [-0.25, -0.2) is 0 Å². The summed E-state index contributed by atoms with van der Waals surface area (Å²) in [5.41, 5.74) is 4.22. The van der Waals surface area contributed by atoms with E-state index in [1.165, 1.54) is 9.13 Å². The summed E-state index contributed by atoms with van der Waals surface area (Å²) in [6.07, 6.45) is -3.32. The van der Waals surface area contributed by atoms with Gasteiger partial charge in [0.2, 0.25) is 0 Å². The molecular formula is C22H24INO5. The predicted octanol–water partition coefficient (Wildman–Crippen LogP) is 2.12. The topological polar surface area (TPSA) is 95.1 Å². The van der Waals surface area contributed by atoms with Crippen LogP contribution in [-0.4, -0.2) is 56.0 Å². The van der Waals surface area contributed by atoms with Gasteiger partial charge >= 0.3 is 0 Å². The number of ether oxygens (including phenoxy) is 1. The van der Waals surface area contributed by atoms with E-state index in [9.17, 15) is 20.4 Å². The molecule has 1 aromatic heterocycles. The van der Waals surface area contributed by atoms with E-state index in [2.05, 4.69) is 46.9 Å². The number of fused-ring (bicyclic) bond motifs is 1. The van der Waals surface area contributed by atoms with Gasteiger partial charge < -0.3 is 29.7 Å². The highest BCUT2D eigenvalue weighted by atomic mass is 127. The van der Waals surface area contributed by atoms with Crippen LogP contribution >= 0.6 is 22.6 Å². The van der Waals surface area contributed by atoms with E-state index in [0.29, 0.717) is 6.42 Å². The minimum Gasteiger partial charge on any atom is -0.394 e. The quantitative estimate of drug-likeness (QED) is 0.405. The Balaban J connectivity index is 1.79. The number of hydrogen-bond acceptors (Lipinski definition) is 5. The van der Waals surface area contributed by atoms with E-state index in [0.717, 1.165) is 22.0 Å². The lowest BCUT2D eigenvalue weighted by Gasteiger charge is -2.40. The van der Waals surface area contributed by atoms with Crippen LogP contribution in [0, 0.1) is 10.5 Å². The zero-order chi connectivity index (χ0) is 20.7. The summed E-state index contributed by atoms with van der Waals surface area (Å²) in [6.45, 7) is 1.59. The fourth-order valence-electron chi connectivity index (χ4n) is 4.07. The highest BCUT2D eigenvalue weighted by Gasteiger charge is 2.44. The number of aryl methyl sites for hydroxylation is 1. The second-order valence-corrected chi connectivity index (χ2v) is 8.80. The Hall–Kier alpha value is -1.49. The second-order valence-electron chi connectivity index (χ2n) is 7.55. The average molecular weight is 509 g/mol. The Morgan fingerprint density at radius 3 is 2.41 bits per heavy atom. The van der Waals surface area contributed by atoms with Crippen LogP contribution in [0.4, 0.5) is 0 Å². The van der Waals surface area contributed by atoms with Crippen LogP contribution in [0.15, 0.2) is 48.7 Å². The van der Waals surface area contributed by atoms with Gasteiger partial charge in [0, 0.05) is 15.2 Å². The maximum Gasteiger partial charge on any atom is 0.163 e. The Kier molecular flexibility index (Phi) is 5.97. The summed E-state index contributed by atoms with van der Waals surface area (Å²) in [4.78, 5) is 0. The van der Waals surface area contributed by atoms with Crippen molar-refractivity contribution in [3.63, 3.8) is 0 Å². The van der Waals surface area contributed by atoms with Crippen molar-refractivity contribution in [2.24, 2.45) is 0 Å². The molecule has 1 fully saturated rings. The molecular weight excluding hydrogens is 485 g/mol. The summed E-state index contributed by atoms with van der Waals surface area (Å²) in [5, 5.41) is 41.5. The molecule has 7 heteroatoms. The molecule has 0 amide bonds. The molecule has 6 nitrogen and oxygen atoms in total. The molecule has 0 radical (unpaired) electrons. The van der Waals surface area contributed by atoms with Crippen molar-refractivity contribution in [1.29, 1.82) is 0 Å². The van der Waals surface area contributed by atoms with Gasteiger partial charge in [-0.05, 0) is 70.8 Å². The van der Waals surface area contributed by atoms with Crippen LogP contribution in [0.25, 0.3) is 10.9 Å². The fourth-order valence-corrected chi connectivity index (χ4v) is 4.43. The Labute approximate surface area is 182 Å². The number of aliphatic hydroxyl groups is 4. The first kappa shape index (κ1) is 20.8. The highest BCUT2D eigenvalue weighted by Crippen LogP contribution is 2.35. The molecule has 1 aliphatic rings. The van der Waals surface area contributed by atoms with Crippen molar-refractivity contribution < 1.29 is 25.2 Å². The third-order valence-electron chi connectivity index (χ3n) is 5.59. The van der Waals surface area contributed by atoms with E-state index >= 15 is 0 Å². The SMILES string of the molecule is Cc1cccc2c1c(Cc1ccc(I)cc1)cn2[C@@H]1O[C@H](CO)[C@@H](O)[C@H](O)[C@H]1O. The number of aliphatic hydroxyl groups excluding tert-OH is 4. The zero-order valence-corrected chi connectivity index (χ0v) is 18.1. The van der Waals surface area contributed by atoms with Crippen molar-refractivity contribution >= 4 is 33.5 Å². The standard InChI is InChI=1S/C22H24INO5/c1-12-3-2-4-16-18(12)14(9-13-5-7-15(23)8-6-13)10-24(16)22-21(28)20(27)19(26)17(11-25)29-22/h2-8,10,17,19-22,25-28H,9,11H2,1H3/t17-,19-,20+,21-,22-/m1/s1. The van der Waals surface area contributed by atoms with E-state index in [-0.39, 0.29) is 0 Å². The lowest BCUT2D eigenvalue weighted by atomic mass is 9.98. The molecule has 2 aromatic carbocycles. The molecule has 0 bridgehead atoms. The number of hydrogen-bond donors (Lipinski definition) is 4. The molecule has 2 heterocycles. The van der Waals surface area contributed by atoms with Gasteiger partial charge in [0.05, 0.1) is 12.1 Å². The monoisotopic (exact) mass is 509 g/mol. The molecule has 5 atom stereocenters. The van der Waals surface area contributed by atoms with Crippen LogP contribution in [-0.2, 0) is 11.2 Å². The number of benzene rings is 2. The zero-order valence-electron chi connectivity index (χ0n) is 15.9. The molecule has 29 heavy (non-hydrogen) atoms. The van der Waals surface area contributed by atoms with Crippen molar-refractivity contribution in [2.75, 3.05) is 6.61 Å². The van der Waals surface area contributed by atoms with Gasteiger partial charge in [0.15, 0.2) is 6.23 Å². The van der Waals surface area contributed by atoms with Crippen molar-refractivity contribution in [3.05, 3.63) is 68.9 Å². The minimum absolute atomic E-state index is 0.449. The normalized spacial score (nSPS) is 27.4. The van der Waals surface area contributed by atoms with Gasteiger partial charge in [0.25, 0.3) is 0 Å². The fraction of sp³-hybridized carbons (Fsp3) is 0.364. The molecule has 0 spiro atoms. The molecule has 0 saturated carbocycles. The number of halogens is 1. The Morgan fingerprint density at radius 1 is 1.00 bits per heavy atom. The first-order chi connectivity index (χ1) is 13.9. The van der Waals surface area contributed by atoms with Crippen molar-refractivity contribution in [3.8, 4) is 0 Å². The number of nitrogens with zero attached hydrogens (tertiary/aromatic N) is 1. The lowest BCUT2D eigenvalue weighted by molar-refractivity contribution is -0.250. The molecule has 1 aliphatic heterocycles. The third-order valence-corrected chi connectivity index (χ3v) is 6.31. The third kappa shape index (κ3) is 3.83. The first-order valence-electron chi connectivity index (χ1n) is 9.54. The van der Waals surface area contributed by atoms with E-state index in [1.807, 2.05) is 31.3 Å². The van der Waals surface area contributed by atoms with Gasteiger partial charge in [-0.2, -0.15) is 0 Å². The maximum atomic E-state index is 10.6. The van der Waals surface area contributed by atoms with Gasteiger partial charge in [-0.1, -0.05) is 24.3 Å². The lowest BCUT2D eigenvalue weighted by Crippen LogP contribution is -2.56. The summed E-state index contributed by atoms with van der Waals surface area (Å²) >= 11 is 2.28. The van der Waals surface area contributed by atoms with Crippen molar-refractivity contribution in [2.45, 2.75) is 44.0 Å². The summed E-state index contributed by atoms with van der Waals surface area (Å²) in [6, 6.07) is 14.2. The first-order valence-corrected chi connectivity index (χ1v) is 10.6. The van der Waals surface area contributed by atoms with Crippen molar-refractivity contribution in [1.82, 2.24) is 4.57 Å². The number of aromatic nitrogens is 1. The Morgan fingerprint density at radius 2 is 1.72 bits per heavy atom. The predicted molar refractivity (Wildman–Crippen MR) is 118 cm³/mol. The molecule has 4 rings (SSSR count). The molecule has 0 aliphatic carbocycles. The summed E-state index contributed by atoms with van der Waals surface area (Å²) in [5.74, 6) is 0. The Bertz CT molecular complexity index is 1000. The molecule has 3 aromatic rings. The molecule has 4 N–H and O–H groups in total. The van der Waals surface area contributed by atoms with E-state index in [1.54, 1.807) is 4.57 Å². The van der Waals surface area contributed by atoms with Crippen LogP contribution in [0.2, 0.25) is 0 Å². The van der Waals surface area contributed by atoms with Crippen LogP contribution < -0.4 is 0 Å². The van der Waals surface area contributed by atoms with Gasteiger partial charge in [-0.3, -0.25) is 0 Å². The van der Waals surface area contributed by atoms with E-state index < -0.39 is 37.3 Å². The van der Waals surface area contributed by atoms with Crippen LogP contribution in [0.5, 0.6) is 0 Å². The highest BCUT2D eigenvalue weighted by molar-refractivity contribution is 14.1. The van der Waals surface area contributed by atoms with Crippen LogP contribution in [0.3, 0.4) is 0 Å². The molecule has 0 unspecified atom stereocenters.